The van der Waals surface area contributed by atoms with Crippen LogP contribution in [-0.2, 0) is 49.6 Å². The van der Waals surface area contributed by atoms with E-state index in [9.17, 15) is 33.6 Å². The molecule has 3 N–H and O–H groups in total. The Morgan fingerprint density at radius 3 is 2.11 bits per heavy atom. The largest absolute Gasteiger partial charge is 0.465 e. The van der Waals surface area contributed by atoms with Gasteiger partial charge in [0.25, 0.3) is 0 Å². The number of benzene rings is 2. The molecule has 1 aliphatic rings. The number of Topliss-reactive ketones (excluding diaryl/α,β-unsaturated/α-hetero) is 3. The Kier molecular flexibility index (Phi) is 17.0. The van der Waals surface area contributed by atoms with Crippen molar-refractivity contribution in [3.63, 3.8) is 0 Å². The molecule has 2 aromatic rings. The number of likely N-dealkylation sites (tertiary alicyclic amines) is 1. The molecule has 1 saturated heterocycles. The summed E-state index contributed by atoms with van der Waals surface area (Å²) in [6.07, 6.45) is -0.685. The zero-order valence-corrected chi connectivity index (χ0v) is 31.6. The number of esters is 1. The summed E-state index contributed by atoms with van der Waals surface area (Å²) >= 11 is 0. The maximum absolute atomic E-state index is 14.1. The van der Waals surface area contributed by atoms with Gasteiger partial charge in [0, 0.05) is 38.1 Å². The fourth-order valence-corrected chi connectivity index (χ4v) is 6.40. The molecule has 1 aliphatic heterocycles. The number of carbonyl (C=O) groups excluding carboxylic acids is 7. The van der Waals surface area contributed by atoms with Gasteiger partial charge in [-0.15, -0.1) is 0 Å². The molecule has 0 spiro atoms. The van der Waals surface area contributed by atoms with Crippen molar-refractivity contribution in [1.29, 1.82) is 0 Å². The van der Waals surface area contributed by atoms with Crippen LogP contribution in [0.1, 0.15) is 96.7 Å². The Bertz CT molecular complexity index is 1560. The van der Waals surface area contributed by atoms with E-state index in [1.165, 1.54) is 4.90 Å². The van der Waals surface area contributed by atoms with Gasteiger partial charge in [0.05, 0.1) is 37.7 Å². The summed E-state index contributed by atoms with van der Waals surface area (Å²) in [5.74, 6) is -5.98. The summed E-state index contributed by atoms with van der Waals surface area (Å²) in [4.78, 5) is 93.6. The molecule has 3 amide bonds. The lowest BCUT2D eigenvalue weighted by Crippen LogP contribution is -2.46. The van der Waals surface area contributed by atoms with Crippen molar-refractivity contribution in [2.45, 2.75) is 104 Å². The third-order valence-electron chi connectivity index (χ3n) is 9.36. The van der Waals surface area contributed by atoms with Crippen LogP contribution in [0, 0.1) is 23.7 Å². The second-order valence-corrected chi connectivity index (χ2v) is 14.5. The molecule has 1 fully saturated rings. The van der Waals surface area contributed by atoms with Gasteiger partial charge in [-0.05, 0) is 29.4 Å². The molecule has 3 unspecified atom stereocenters. The molecule has 2 aromatic carbocycles. The summed E-state index contributed by atoms with van der Waals surface area (Å²) in [6.45, 7) is 9.98. The number of rotatable bonds is 22. The molecule has 0 radical (unpaired) electrons. The number of primary amides is 1. The number of nitrogens with one attached hydrogen (secondary N) is 1. The smallest absolute Gasteiger partial charge is 0.306 e. The first-order chi connectivity index (χ1) is 25.2. The fourth-order valence-electron chi connectivity index (χ4n) is 6.40. The molecule has 12 nitrogen and oxygen atoms in total. The Morgan fingerprint density at radius 2 is 1.53 bits per heavy atom. The maximum Gasteiger partial charge on any atom is 0.306 e. The van der Waals surface area contributed by atoms with Crippen LogP contribution in [-0.4, -0.2) is 71.2 Å². The van der Waals surface area contributed by atoms with Crippen LogP contribution in [0.25, 0.3) is 0 Å². The third kappa shape index (κ3) is 13.3. The summed E-state index contributed by atoms with van der Waals surface area (Å²) in [5, 5.41) is 2.52. The molecule has 12 heteroatoms. The van der Waals surface area contributed by atoms with Crippen LogP contribution in [0.15, 0.2) is 60.7 Å². The van der Waals surface area contributed by atoms with Crippen LogP contribution in [0.5, 0.6) is 0 Å². The first kappa shape index (κ1) is 42.7. The summed E-state index contributed by atoms with van der Waals surface area (Å²) < 4.78 is 11.5. The van der Waals surface area contributed by atoms with Crippen LogP contribution in [0.4, 0.5) is 0 Å². The third-order valence-corrected chi connectivity index (χ3v) is 9.36. The number of ether oxygens (including phenoxy) is 2. The number of amides is 3. The highest BCUT2D eigenvalue weighted by Gasteiger charge is 2.44. The average Bonchev–Trinajstić information content (AvgIpc) is 3.57. The molecule has 3 rings (SSSR count). The number of nitrogens with zero attached hydrogens (tertiary/aromatic N) is 1. The van der Waals surface area contributed by atoms with Crippen LogP contribution >= 0.6 is 0 Å². The van der Waals surface area contributed by atoms with Gasteiger partial charge in [0.2, 0.25) is 23.5 Å². The second kappa shape index (κ2) is 21.1. The molecule has 53 heavy (non-hydrogen) atoms. The Morgan fingerprint density at radius 1 is 0.887 bits per heavy atom. The zero-order valence-electron chi connectivity index (χ0n) is 31.6. The van der Waals surface area contributed by atoms with Crippen molar-refractivity contribution >= 4 is 41.0 Å². The number of carbonyl (C=O) groups is 7. The van der Waals surface area contributed by atoms with Gasteiger partial charge < -0.3 is 25.4 Å². The van der Waals surface area contributed by atoms with E-state index in [1.807, 2.05) is 65.0 Å². The fraction of sp³-hybridized carbons (Fsp3) is 0.537. The molecular weight excluding hydrogens is 678 g/mol. The number of nitrogens with two attached hydrogens (primary N) is 1. The summed E-state index contributed by atoms with van der Waals surface area (Å²) in [6, 6.07) is 15.9. The minimum absolute atomic E-state index is 0.127. The summed E-state index contributed by atoms with van der Waals surface area (Å²) in [7, 11) is 0. The highest BCUT2D eigenvalue weighted by Crippen LogP contribution is 2.30. The van der Waals surface area contributed by atoms with E-state index in [0.29, 0.717) is 12.0 Å². The lowest BCUT2D eigenvalue weighted by molar-refractivity contribution is -0.152. The normalized spacial score (nSPS) is 17.2. The highest BCUT2D eigenvalue weighted by atomic mass is 16.5. The van der Waals surface area contributed by atoms with Crippen molar-refractivity contribution in [3.05, 3.63) is 71.8 Å². The predicted molar refractivity (Wildman–Crippen MR) is 198 cm³/mol. The minimum atomic E-state index is -1.10. The molecule has 5 atom stereocenters. The van der Waals surface area contributed by atoms with Crippen LogP contribution < -0.4 is 11.1 Å². The van der Waals surface area contributed by atoms with E-state index in [2.05, 4.69) is 5.32 Å². The monoisotopic (exact) mass is 733 g/mol. The first-order valence-corrected chi connectivity index (χ1v) is 18.6. The molecule has 0 bridgehead atoms. The predicted octanol–water partition coefficient (Wildman–Crippen LogP) is 4.67. The Hall–Kier alpha value is -4.71. The van der Waals surface area contributed by atoms with E-state index in [0.717, 1.165) is 5.56 Å². The second-order valence-electron chi connectivity index (χ2n) is 14.5. The van der Waals surface area contributed by atoms with Crippen LogP contribution in [0.2, 0.25) is 0 Å². The van der Waals surface area contributed by atoms with Crippen LogP contribution in [0.3, 0.4) is 0 Å². The number of hydrogen-bond donors (Lipinski definition) is 2. The van der Waals surface area contributed by atoms with Crippen molar-refractivity contribution < 1.29 is 43.0 Å². The zero-order chi connectivity index (χ0) is 39.1. The number of hydrogen-bond acceptors (Lipinski definition) is 9. The van der Waals surface area contributed by atoms with E-state index >= 15 is 0 Å². The lowest BCUT2D eigenvalue weighted by atomic mass is 9.87. The topological polar surface area (TPSA) is 179 Å². The van der Waals surface area contributed by atoms with E-state index < -0.39 is 65.8 Å². The standard InChI is InChI=1S/C41H55N3O9/c1-6-13-30(39(49)34(45)18-19-36(47)43-38(40(42)50)29-16-11-8-12-17-29)20-35(46)33-21-31(52-25-28-14-9-7-10-15-28)23-44(33)41(51)32(27(4)5)22-37(48)53-24-26(2)3/h7-12,14-17,26-27,30-33,38H,6,13,18-25H2,1-5H3,(H2,42,50)(H,43,47)/t30?,31-,32?,33+,38?/m1/s1. The van der Waals surface area contributed by atoms with E-state index in [1.54, 1.807) is 30.3 Å². The average molecular weight is 734 g/mol. The molecule has 288 valence electrons. The SMILES string of the molecule is CCCC(CC(=O)[C@@H]1C[C@@H](OCc2ccccc2)CN1C(=O)C(CC(=O)OCC(C)C)C(C)C)C(=O)C(=O)CCC(=O)NC(C(N)=O)c1ccccc1. The molecular formula is C41H55N3O9. The van der Waals surface area contributed by atoms with Gasteiger partial charge in [-0.3, -0.25) is 33.6 Å². The molecule has 1 heterocycles. The van der Waals surface area contributed by atoms with E-state index in [4.69, 9.17) is 15.2 Å². The van der Waals surface area contributed by atoms with Gasteiger partial charge in [0.15, 0.2) is 11.6 Å². The van der Waals surface area contributed by atoms with Gasteiger partial charge in [0.1, 0.15) is 6.04 Å². The molecule has 0 aliphatic carbocycles. The van der Waals surface area contributed by atoms with Crippen molar-refractivity contribution in [2.75, 3.05) is 13.2 Å². The highest BCUT2D eigenvalue weighted by molar-refractivity contribution is 6.38. The first-order valence-electron chi connectivity index (χ1n) is 18.6. The van der Waals surface area contributed by atoms with Crippen molar-refractivity contribution in [2.24, 2.45) is 29.4 Å². The van der Waals surface area contributed by atoms with Gasteiger partial charge in [-0.2, -0.15) is 0 Å². The van der Waals surface area contributed by atoms with Crippen molar-refractivity contribution in [1.82, 2.24) is 10.2 Å². The lowest BCUT2D eigenvalue weighted by Gasteiger charge is -2.30. The maximum atomic E-state index is 14.1. The minimum Gasteiger partial charge on any atom is -0.465 e. The van der Waals surface area contributed by atoms with Gasteiger partial charge in [-0.25, -0.2) is 0 Å². The Balaban J connectivity index is 1.73. The van der Waals surface area contributed by atoms with E-state index in [-0.39, 0.29) is 75.4 Å². The van der Waals surface area contributed by atoms with Crippen molar-refractivity contribution in [3.8, 4) is 0 Å². The summed E-state index contributed by atoms with van der Waals surface area (Å²) in [5.41, 5.74) is 6.90. The van der Waals surface area contributed by atoms with Gasteiger partial charge >= 0.3 is 5.97 Å². The Labute approximate surface area is 312 Å². The van der Waals surface area contributed by atoms with Gasteiger partial charge in [-0.1, -0.05) is 102 Å². The molecule has 0 saturated carbocycles. The molecule has 0 aromatic heterocycles. The number of ketones is 3. The quantitative estimate of drug-likeness (QED) is 0.129.